The highest BCUT2D eigenvalue weighted by Gasteiger charge is 2.41. The van der Waals surface area contributed by atoms with Crippen LogP contribution in [0.2, 0.25) is 0 Å². The third-order valence-corrected chi connectivity index (χ3v) is 5.84. The zero-order valence-electron chi connectivity index (χ0n) is 14.5. The number of carbonyl (C=O) groups is 1. The van der Waals surface area contributed by atoms with Gasteiger partial charge in [-0.1, -0.05) is 29.8 Å². The Bertz CT molecular complexity index is 582. The van der Waals surface area contributed by atoms with Crippen molar-refractivity contribution < 1.29 is 9.53 Å². The first-order valence-electron chi connectivity index (χ1n) is 9.36. The average Bonchev–Trinajstić information content (AvgIpc) is 3.36. The Morgan fingerprint density at radius 1 is 1.25 bits per heavy atom. The molecule has 4 heteroatoms. The lowest BCUT2D eigenvalue weighted by Crippen LogP contribution is -2.45. The van der Waals surface area contributed by atoms with Gasteiger partial charge in [-0.25, -0.2) is 0 Å². The highest BCUT2D eigenvalue weighted by Crippen LogP contribution is 2.35. The number of likely N-dealkylation sites (tertiary alicyclic amines) is 1. The van der Waals surface area contributed by atoms with Crippen molar-refractivity contribution in [3.8, 4) is 0 Å². The molecule has 0 radical (unpaired) electrons. The van der Waals surface area contributed by atoms with Crippen LogP contribution in [0.15, 0.2) is 24.3 Å². The highest BCUT2D eigenvalue weighted by atomic mass is 16.5. The van der Waals surface area contributed by atoms with Crippen LogP contribution in [-0.2, 0) is 16.1 Å². The van der Waals surface area contributed by atoms with E-state index in [1.165, 1.54) is 17.5 Å². The van der Waals surface area contributed by atoms with E-state index in [1.54, 1.807) is 0 Å². The fourth-order valence-corrected chi connectivity index (χ4v) is 4.10. The number of hydrogen-bond donors (Lipinski definition) is 1. The minimum atomic E-state index is 0.193. The molecule has 2 saturated heterocycles. The normalized spacial score (nSPS) is 30.1. The summed E-state index contributed by atoms with van der Waals surface area (Å²) in [6.45, 7) is 6.94. The van der Waals surface area contributed by atoms with E-state index in [0.29, 0.717) is 18.4 Å². The number of ether oxygens (including phenoxy) is 1. The third kappa shape index (κ3) is 3.65. The van der Waals surface area contributed by atoms with Gasteiger partial charge in [-0.3, -0.25) is 9.69 Å². The number of rotatable bonds is 5. The lowest BCUT2D eigenvalue weighted by Gasteiger charge is -2.36. The van der Waals surface area contributed by atoms with E-state index in [4.69, 9.17) is 4.74 Å². The standard InChI is InChI=1S/C20H28N2O2/c1-14-2-4-15(5-3-14)11-22-9-8-17-13-24-19(18(17)12-22)10-21-20(23)16-6-7-16/h2-5,16-19H,6-13H2,1H3,(H,21,23)/t17-,18+,19-/m0/s1. The number of amides is 1. The molecule has 4 nitrogen and oxygen atoms in total. The van der Waals surface area contributed by atoms with Gasteiger partial charge in [0.25, 0.3) is 0 Å². The zero-order chi connectivity index (χ0) is 16.5. The molecule has 1 saturated carbocycles. The van der Waals surface area contributed by atoms with Gasteiger partial charge in [-0.2, -0.15) is 0 Å². The molecule has 3 fully saturated rings. The SMILES string of the molecule is Cc1ccc(CN2CC[C@H]3CO[C@@H](CNC(=O)C4CC4)[C@@H]3C2)cc1. The van der Waals surface area contributed by atoms with Crippen LogP contribution in [0.25, 0.3) is 0 Å². The summed E-state index contributed by atoms with van der Waals surface area (Å²) < 4.78 is 6.02. The molecule has 1 aromatic carbocycles. The molecule has 4 rings (SSSR count). The van der Waals surface area contributed by atoms with Crippen molar-refractivity contribution in [3.63, 3.8) is 0 Å². The number of benzene rings is 1. The summed E-state index contributed by atoms with van der Waals surface area (Å²) in [5, 5.41) is 3.11. The summed E-state index contributed by atoms with van der Waals surface area (Å²) in [5.41, 5.74) is 2.70. The number of carbonyl (C=O) groups excluding carboxylic acids is 1. The second-order valence-corrected chi connectivity index (χ2v) is 7.82. The van der Waals surface area contributed by atoms with Gasteiger partial charge in [0.2, 0.25) is 5.91 Å². The van der Waals surface area contributed by atoms with E-state index < -0.39 is 0 Å². The Morgan fingerprint density at radius 2 is 2.04 bits per heavy atom. The number of aryl methyl sites for hydroxylation is 1. The van der Waals surface area contributed by atoms with E-state index in [-0.39, 0.29) is 17.9 Å². The van der Waals surface area contributed by atoms with Crippen molar-refractivity contribution in [2.45, 2.75) is 38.8 Å². The van der Waals surface area contributed by atoms with Gasteiger partial charge in [-0.05, 0) is 44.2 Å². The van der Waals surface area contributed by atoms with Gasteiger partial charge in [0.05, 0.1) is 12.7 Å². The minimum Gasteiger partial charge on any atom is -0.376 e. The van der Waals surface area contributed by atoms with Gasteiger partial charge in [0.1, 0.15) is 0 Å². The number of nitrogens with one attached hydrogen (secondary N) is 1. The summed E-state index contributed by atoms with van der Waals surface area (Å²) in [4.78, 5) is 14.4. The first-order chi connectivity index (χ1) is 11.7. The maximum Gasteiger partial charge on any atom is 0.223 e. The monoisotopic (exact) mass is 328 g/mol. The second-order valence-electron chi connectivity index (χ2n) is 7.82. The molecule has 2 aliphatic heterocycles. The molecule has 0 unspecified atom stereocenters. The lowest BCUT2D eigenvalue weighted by atomic mass is 9.84. The predicted octanol–water partition coefficient (Wildman–Crippen LogP) is 2.36. The molecule has 1 N–H and O–H groups in total. The van der Waals surface area contributed by atoms with Gasteiger partial charge in [-0.15, -0.1) is 0 Å². The van der Waals surface area contributed by atoms with E-state index in [9.17, 15) is 4.79 Å². The van der Waals surface area contributed by atoms with E-state index >= 15 is 0 Å². The van der Waals surface area contributed by atoms with Crippen LogP contribution in [0, 0.1) is 24.7 Å². The first-order valence-corrected chi connectivity index (χ1v) is 9.36. The van der Waals surface area contributed by atoms with Crippen LogP contribution in [0.4, 0.5) is 0 Å². The Labute approximate surface area is 144 Å². The van der Waals surface area contributed by atoms with E-state index in [2.05, 4.69) is 41.4 Å². The van der Waals surface area contributed by atoms with Crippen LogP contribution in [0.1, 0.15) is 30.4 Å². The van der Waals surface area contributed by atoms with Crippen LogP contribution in [0.5, 0.6) is 0 Å². The molecular formula is C20H28N2O2. The summed E-state index contributed by atoms with van der Waals surface area (Å²) in [6, 6.07) is 8.85. The maximum atomic E-state index is 11.9. The van der Waals surface area contributed by atoms with Crippen LogP contribution >= 0.6 is 0 Å². The molecule has 3 aliphatic rings. The second kappa shape index (κ2) is 6.85. The third-order valence-electron chi connectivity index (χ3n) is 5.84. The van der Waals surface area contributed by atoms with Gasteiger partial charge in [0, 0.05) is 31.5 Å². The first kappa shape index (κ1) is 16.1. The fraction of sp³-hybridized carbons (Fsp3) is 0.650. The zero-order valence-corrected chi connectivity index (χ0v) is 14.5. The highest BCUT2D eigenvalue weighted by molar-refractivity contribution is 5.80. The molecule has 1 aromatic rings. The van der Waals surface area contributed by atoms with Gasteiger partial charge >= 0.3 is 0 Å². The van der Waals surface area contributed by atoms with Crippen LogP contribution in [0.3, 0.4) is 0 Å². The van der Waals surface area contributed by atoms with E-state index in [0.717, 1.165) is 39.1 Å². The van der Waals surface area contributed by atoms with Gasteiger partial charge < -0.3 is 10.1 Å². The minimum absolute atomic E-state index is 0.193. The topological polar surface area (TPSA) is 41.6 Å². The van der Waals surface area contributed by atoms with Crippen LogP contribution in [-0.4, -0.2) is 43.2 Å². The molecule has 1 aliphatic carbocycles. The molecule has 130 valence electrons. The summed E-state index contributed by atoms with van der Waals surface area (Å²) in [6.07, 6.45) is 3.53. The maximum absolute atomic E-state index is 11.9. The predicted molar refractivity (Wildman–Crippen MR) is 93.5 cm³/mol. The Kier molecular flexibility index (Phi) is 4.59. The molecule has 0 aromatic heterocycles. The molecule has 3 atom stereocenters. The number of fused-ring (bicyclic) bond motifs is 1. The van der Waals surface area contributed by atoms with Crippen molar-refractivity contribution in [3.05, 3.63) is 35.4 Å². The average molecular weight is 328 g/mol. The van der Waals surface area contributed by atoms with Crippen molar-refractivity contribution in [1.82, 2.24) is 10.2 Å². The Balaban J connectivity index is 1.32. The largest absolute Gasteiger partial charge is 0.376 e. The molecule has 1 amide bonds. The summed E-state index contributed by atoms with van der Waals surface area (Å²) in [7, 11) is 0. The number of hydrogen-bond acceptors (Lipinski definition) is 3. The molecule has 0 spiro atoms. The number of piperidine rings is 1. The van der Waals surface area contributed by atoms with Crippen molar-refractivity contribution in [2.75, 3.05) is 26.2 Å². The quantitative estimate of drug-likeness (QED) is 0.902. The summed E-state index contributed by atoms with van der Waals surface area (Å²) in [5.74, 6) is 1.74. The molecule has 0 bridgehead atoms. The smallest absolute Gasteiger partial charge is 0.223 e. The molecular weight excluding hydrogens is 300 g/mol. The Morgan fingerprint density at radius 3 is 2.79 bits per heavy atom. The Hall–Kier alpha value is -1.39. The van der Waals surface area contributed by atoms with Crippen molar-refractivity contribution in [2.24, 2.45) is 17.8 Å². The van der Waals surface area contributed by atoms with Crippen LogP contribution < -0.4 is 5.32 Å². The van der Waals surface area contributed by atoms with E-state index in [1.807, 2.05) is 0 Å². The van der Waals surface area contributed by atoms with Gasteiger partial charge in [0.15, 0.2) is 0 Å². The lowest BCUT2D eigenvalue weighted by molar-refractivity contribution is -0.122. The molecule has 24 heavy (non-hydrogen) atoms. The molecule has 2 heterocycles. The van der Waals surface area contributed by atoms with Crippen molar-refractivity contribution >= 4 is 5.91 Å². The number of nitrogens with zero attached hydrogens (tertiary/aromatic N) is 1. The summed E-state index contributed by atoms with van der Waals surface area (Å²) >= 11 is 0. The fourth-order valence-electron chi connectivity index (χ4n) is 4.10. The van der Waals surface area contributed by atoms with Crippen molar-refractivity contribution in [1.29, 1.82) is 0 Å².